The van der Waals surface area contributed by atoms with E-state index < -0.39 is 18.1 Å². The maximum absolute atomic E-state index is 12.4. The molecule has 1 fully saturated rings. The van der Waals surface area contributed by atoms with Crippen molar-refractivity contribution in [1.82, 2.24) is 5.32 Å². The lowest BCUT2D eigenvalue weighted by molar-refractivity contribution is -0.146. The van der Waals surface area contributed by atoms with E-state index in [-0.39, 0.29) is 18.4 Å². The molecule has 1 aliphatic carbocycles. The highest BCUT2D eigenvalue weighted by Crippen LogP contribution is 2.33. The predicted molar refractivity (Wildman–Crippen MR) is 94.0 cm³/mol. The number of benzene rings is 1. The highest BCUT2D eigenvalue weighted by Gasteiger charge is 2.39. The number of nitrogens with one attached hydrogen (secondary N) is 1. The molecule has 25 heavy (non-hydrogen) atoms. The van der Waals surface area contributed by atoms with Crippen LogP contribution in [0.4, 0.5) is 0 Å². The number of nitrogens with two attached hydrogens (primary N) is 1. The third-order valence-corrected chi connectivity index (χ3v) is 3.98. The van der Waals surface area contributed by atoms with E-state index in [9.17, 15) is 9.59 Å². The third kappa shape index (κ3) is 5.50. The quantitative estimate of drug-likeness (QED) is 0.551. The summed E-state index contributed by atoms with van der Waals surface area (Å²) in [6.07, 6.45) is 1.94. The van der Waals surface area contributed by atoms with E-state index in [0.717, 1.165) is 12.8 Å². The Labute approximate surface area is 148 Å². The van der Waals surface area contributed by atoms with Gasteiger partial charge in [-0.2, -0.15) is 0 Å². The predicted octanol–water partition coefficient (Wildman–Crippen LogP) is 1.49. The van der Waals surface area contributed by atoms with Crippen LogP contribution in [0.2, 0.25) is 0 Å². The van der Waals surface area contributed by atoms with Crippen molar-refractivity contribution in [2.75, 3.05) is 13.2 Å². The Balaban J connectivity index is 2.01. The van der Waals surface area contributed by atoms with E-state index in [4.69, 9.17) is 15.2 Å². The fourth-order valence-corrected chi connectivity index (χ4v) is 2.42. The molecule has 6 heteroatoms. The van der Waals surface area contributed by atoms with Gasteiger partial charge in [-0.25, -0.2) is 4.79 Å². The largest absolute Gasteiger partial charge is 0.481 e. The average Bonchev–Trinajstić information content (AvgIpc) is 3.45. The number of carbonyl (C=O) groups is 2. The van der Waals surface area contributed by atoms with Gasteiger partial charge in [0.1, 0.15) is 18.4 Å². The summed E-state index contributed by atoms with van der Waals surface area (Å²) in [5.74, 6) is 5.55. The molecule has 1 saturated carbocycles. The minimum Gasteiger partial charge on any atom is -0.481 e. The fourth-order valence-electron chi connectivity index (χ4n) is 2.42. The Morgan fingerprint density at radius 2 is 2.00 bits per heavy atom. The van der Waals surface area contributed by atoms with E-state index >= 15 is 0 Å². The lowest BCUT2D eigenvalue weighted by Gasteiger charge is -2.23. The average molecular weight is 344 g/mol. The van der Waals surface area contributed by atoms with Crippen LogP contribution in [0.3, 0.4) is 0 Å². The molecule has 0 bridgehead atoms. The van der Waals surface area contributed by atoms with Crippen molar-refractivity contribution in [3.8, 4) is 17.6 Å². The first-order valence-electron chi connectivity index (χ1n) is 8.42. The zero-order valence-corrected chi connectivity index (χ0v) is 14.6. The van der Waals surface area contributed by atoms with Crippen LogP contribution < -0.4 is 15.8 Å². The molecule has 0 saturated heterocycles. The molecule has 0 heterocycles. The van der Waals surface area contributed by atoms with Gasteiger partial charge in [-0.1, -0.05) is 5.92 Å². The van der Waals surface area contributed by atoms with E-state index in [2.05, 4.69) is 17.2 Å². The molecule has 0 aliphatic heterocycles. The monoisotopic (exact) mass is 344 g/mol. The Morgan fingerprint density at radius 3 is 2.56 bits per heavy atom. The highest BCUT2D eigenvalue weighted by atomic mass is 16.5. The Kier molecular flexibility index (Phi) is 6.84. The molecular weight excluding hydrogens is 320 g/mol. The fraction of sp³-hybridized carbons (Fsp3) is 0.474. The summed E-state index contributed by atoms with van der Waals surface area (Å²) in [5, 5.41) is 2.71. The second kappa shape index (κ2) is 9.09. The minimum atomic E-state index is -0.837. The van der Waals surface area contributed by atoms with Crippen molar-refractivity contribution in [3.63, 3.8) is 0 Å². The maximum Gasteiger partial charge on any atom is 0.330 e. The van der Waals surface area contributed by atoms with Crippen LogP contribution in [-0.4, -0.2) is 37.2 Å². The van der Waals surface area contributed by atoms with E-state index in [0.29, 0.717) is 17.9 Å². The Bertz CT molecular complexity index is 656. The van der Waals surface area contributed by atoms with Gasteiger partial charge in [0.05, 0.1) is 6.61 Å². The first-order chi connectivity index (χ1) is 12.1. The van der Waals surface area contributed by atoms with E-state index in [1.165, 1.54) is 0 Å². The number of hydrogen-bond acceptors (Lipinski definition) is 5. The number of rotatable bonds is 8. The molecule has 0 radical (unpaired) electrons. The van der Waals surface area contributed by atoms with Crippen LogP contribution in [0.25, 0.3) is 0 Å². The summed E-state index contributed by atoms with van der Waals surface area (Å²) in [6, 6.07) is 5.37. The van der Waals surface area contributed by atoms with Gasteiger partial charge in [-0.15, -0.1) is 5.92 Å². The molecule has 3 N–H and O–H groups in total. The van der Waals surface area contributed by atoms with Crippen LogP contribution in [-0.2, 0) is 9.53 Å². The van der Waals surface area contributed by atoms with Crippen molar-refractivity contribution >= 4 is 11.9 Å². The molecule has 1 aromatic rings. The number of carbonyl (C=O) groups excluding carboxylic acids is 2. The van der Waals surface area contributed by atoms with Crippen molar-refractivity contribution in [1.29, 1.82) is 0 Å². The van der Waals surface area contributed by atoms with Gasteiger partial charge in [0, 0.05) is 11.6 Å². The summed E-state index contributed by atoms with van der Waals surface area (Å²) >= 11 is 0. The van der Waals surface area contributed by atoms with Crippen molar-refractivity contribution < 1.29 is 19.1 Å². The van der Waals surface area contributed by atoms with Gasteiger partial charge in [0.25, 0.3) is 5.91 Å². The summed E-state index contributed by atoms with van der Waals surface area (Å²) < 4.78 is 10.5. The van der Waals surface area contributed by atoms with Gasteiger partial charge in [0.2, 0.25) is 0 Å². The van der Waals surface area contributed by atoms with Gasteiger partial charge >= 0.3 is 5.97 Å². The van der Waals surface area contributed by atoms with Crippen molar-refractivity contribution in [3.05, 3.63) is 29.8 Å². The van der Waals surface area contributed by atoms with Crippen LogP contribution in [0, 0.1) is 17.8 Å². The summed E-state index contributed by atoms with van der Waals surface area (Å²) in [5.41, 5.74) is 6.55. The van der Waals surface area contributed by atoms with Crippen LogP contribution >= 0.6 is 0 Å². The van der Waals surface area contributed by atoms with E-state index in [1.54, 1.807) is 38.1 Å². The maximum atomic E-state index is 12.4. The third-order valence-electron chi connectivity index (χ3n) is 3.98. The van der Waals surface area contributed by atoms with Gasteiger partial charge in [-0.05, 0) is 56.9 Å². The molecular formula is C19H24N2O4. The molecule has 0 unspecified atom stereocenters. The van der Waals surface area contributed by atoms with Gasteiger partial charge in [0.15, 0.2) is 0 Å². The van der Waals surface area contributed by atoms with Gasteiger partial charge in [-0.3, -0.25) is 4.79 Å². The number of hydrogen-bond donors (Lipinski definition) is 2. The van der Waals surface area contributed by atoms with Gasteiger partial charge < -0.3 is 20.5 Å². The molecule has 134 valence electrons. The Morgan fingerprint density at radius 1 is 1.32 bits per heavy atom. The van der Waals surface area contributed by atoms with Crippen LogP contribution in [0.5, 0.6) is 5.75 Å². The lowest BCUT2D eigenvalue weighted by Crippen LogP contribution is -2.54. The SMILES string of the molecule is CC#CCOc1ccc(C(=O)N[C@H](C(=O)OCC)[C@H](N)C2CC2)cc1. The standard InChI is InChI=1S/C19H24N2O4/c1-3-5-12-25-15-10-8-14(9-11-15)18(22)21-17(19(23)24-4-2)16(20)13-6-7-13/h8-11,13,16-17H,4,6-7,12,20H2,1-2H3,(H,21,22)/t16-,17+/m1/s1. The molecule has 1 aliphatic rings. The van der Waals surface area contributed by atoms with Crippen molar-refractivity contribution in [2.24, 2.45) is 11.7 Å². The number of esters is 1. The molecule has 0 aromatic heterocycles. The zero-order chi connectivity index (χ0) is 18.2. The van der Waals surface area contributed by atoms with E-state index in [1.807, 2.05) is 0 Å². The normalized spacial score (nSPS) is 15.3. The molecule has 2 atom stereocenters. The second-order valence-electron chi connectivity index (χ2n) is 5.86. The molecule has 2 rings (SSSR count). The van der Waals surface area contributed by atoms with Crippen molar-refractivity contribution in [2.45, 2.75) is 38.8 Å². The molecule has 0 spiro atoms. The van der Waals surface area contributed by atoms with Crippen LogP contribution in [0.1, 0.15) is 37.0 Å². The molecule has 6 nitrogen and oxygen atoms in total. The first kappa shape index (κ1) is 18.8. The molecule has 1 amide bonds. The summed E-state index contributed by atoms with van der Waals surface area (Å²) in [7, 11) is 0. The molecule has 1 aromatic carbocycles. The topological polar surface area (TPSA) is 90.6 Å². The zero-order valence-electron chi connectivity index (χ0n) is 14.6. The Hall–Kier alpha value is -2.52. The smallest absolute Gasteiger partial charge is 0.330 e. The van der Waals surface area contributed by atoms with Crippen LogP contribution in [0.15, 0.2) is 24.3 Å². The lowest BCUT2D eigenvalue weighted by atomic mass is 10.0. The summed E-state index contributed by atoms with van der Waals surface area (Å²) in [4.78, 5) is 24.6. The number of ether oxygens (including phenoxy) is 2. The number of amides is 1. The minimum absolute atomic E-state index is 0.245. The summed E-state index contributed by atoms with van der Waals surface area (Å²) in [6.45, 7) is 4.00. The first-order valence-corrected chi connectivity index (χ1v) is 8.42. The highest BCUT2D eigenvalue weighted by molar-refractivity contribution is 5.97. The second-order valence-corrected chi connectivity index (χ2v) is 5.86.